The monoisotopic (exact) mass is 184 g/mol. The highest BCUT2D eigenvalue weighted by molar-refractivity contribution is 5.82. The van der Waals surface area contributed by atoms with Gasteiger partial charge in [0, 0.05) is 5.92 Å². The molecule has 2 rings (SSSR count). The molecule has 3 nitrogen and oxygen atoms in total. The van der Waals surface area contributed by atoms with Gasteiger partial charge >= 0.3 is 0 Å². The van der Waals surface area contributed by atoms with Crippen LogP contribution >= 0.6 is 0 Å². The van der Waals surface area contributed by atoms with E-state index in [0.717, 1.165) is 6.42 Å². The highest BCUT2D eigenvalue weighted by Gasteiger charge is 2.42. The molecule has 2 aliphatic carbocycles. The van der Waals surface area contributed by atoms with E-state index < -0.39 is 5.67 Å². The molecule has 2 aliphatic rings. The maximum Gasteiger partial charge on any atom is 0.243 e. The van der Waals surface area contributed by atoms with Gasteiger partial charge in [-0.25, -0.2) is 9.82 Å². The summed E-state index contributed by atoms with van der Waals surface area (Å²) in [5.74, 6) is 0.496. The molecule has 13 heavy (non-hydrogen) atoms. The molecule has 0 heterocycles. The number of rotatable bonds is 3. The Bertz CT molecular complexity index is 260. The van der Waals surface area contributed by atoms with E-state index in [1.807, 2.05) is 6.92 Å². The fourth-order valence-electron chi connectivity index (χ4n) is 1.23. The van der Waals surface area contributed by atoms with E-state index in [0.29, 0.717) is 18.8 Å². The van der Waals surface area contributed by atoms with Crippen molar-refractivity contribution in [3.8, 4) is 0 Å². The van der Waals surface area contributed by atoms with Gasteiger partial charge < -0.3 is 0 Å². The molecule has 0 aromatic carbocycles. The second kappa shape index (κ2) is 2.79. The number of nitrogens with one attached hydrogen (secondary N) is 1. The molecule has 2 fully saturated rings. The number of halogens is 1. The largest absolute Gasteiger partial charge is 0.273 e. The van der Waals surface area contributed by atoms with Crippen molar-refractivity contribution in [3.05, 3.63) is 0 Å². The minimum atomic E-state index is -1.22. The van der Waals surface area contributed by atoms with E-state index in [9.17, 15) is 9.18 Å². The second-order valence-corrected chi connectivity index (χ2v) is 4.09. The van der Waals surface area contributed by atoms with E-state index in [1.54, 1.807) is 0 Å². The zero-order valence-corrected chi connectivity index (χ0v) is 7.59. The van der Waals surface area contributed by atoms with Crippen LogP contribution in [0.2, 0.25) is 0 Å². The molecular weight excluding hydrogens is 171 g/mol. The molecular formula is C9H13FN2O. The Morgan fingerprint density at radius 3 is 2.77 bits per heavy atom. The van der Waals surface area contributed by atoms with Crippen molar-refractivity contribution in [2.24, 2.45) is 16.9 Å². The second-order valence-electron chi connectivity index (χ2n) is 4.09. The molecule has 2 unspecified atom stereocenters. The first kappa shape index (κ1) is 8.66. The SMILES string of the molecule is CC1CC1C(=O)N/N=C/C1(F)CC1. The minimum Gasteiger partial charge on any atom is -0.273 e. The molecule has 0 saturated heterocycles. The third kappa shape index (κ3) is 2.05. The summed E-state index contributed by atoms with van der Waals surface area (Å²) in [6.45, 7) is 2.02. The molecule has 0 aromatic heterocycles. The number of carbonyl (C=O) groups excluding carboxylic acids is 1. The van der Waals surface area contributed by atoms with Gasteiger partial charge in [-0.1, -0.05) is 6.92 Å². The van der Waals surface area contributed by atoms with Crippen molar-refractivity contribution < 1.29 is 9.18 Å². The molecule has 72 valence electrons. The van der Waals surface area contributed by atoms with Crippen molar-refractivity contribution in [2.45, 2.75) is 31.9 Å². The first-order valence-electron chi connectivity index (χ1n) is 4.64. The summed E-state index contributed by atoms with van der Waals surface area (Å²) in [6.07, 6.45) is 3.21. The lowest BCUT2D eigenvalue weighted by Gasteiger charge is -1.97. The Balaban J connectivity index is 1.73. The van der Waals surface area contributed by atoms with Crippen LogP contribution in [0.4, 0.5) is 4.39 Å². The van der Waals surface area contributed by atoms with Crippen LogP contribution in [0.15, 0.2) is 5.10 Å². The van der Waals surface area contributed by atoms with Gasteiger partial charge in [0.15, 0.2) is 0 Å². The van der Waals surface area contributed by atoms with Crippen molar-refractivity contribution >= 4 is 12.1 Å². The summed E-state index contributed by atoms with van der Waals surface area (Å²) in [4.78, 5) is 11.2. The lowest BCUT2D eigenvalue weighted by Crippen LogP contribution is -2.21. The average molecular weight is 184 g/mol. The molecule has 2 saturated carbocycles. The van der Waals surface area contributed by atoms with E-state index >= 15 is 0 Å². The van der Waals surface area contributed by atoms with Crippen LogP contribution in [0.25, 0.3) is 0 Å². The van der Waals surface area contributed by atoms with Crippen LogP contribution in [0.5, 0.6) is 0 Å². The Morgan fingerprint density at radius 1 is 1.69 bits per heavy atom. The molecule has 0 bridgehead atoms. The van der Waals surface area contributed by atoms with Crippen LogP contribution < -0.4 is 5.43 Å². The molecule has 0 aliphatic heterocycles. The minimum absolute atomic E-state index is 0.0759. The van der Waals surface area contributed by atoms with Crippen LogP contribution in [0.3, 0.4) is 0 Å². The van der Waals surface area contributed by atoms with Gasteiger partial charge in [0.1, 0.15) is 5.67 Å². The van der Waals surface area contributed by atoms with Crippen LogP contribution in [0, 0.1) is 11.8 Å². The van der Waals surface area contributed by atoms with Crippen molar-refractivity contribution in [3.63, 3.8) is 0 Å². The molecule has 2 atom stereocenters. The third-order valence-electron chi connectivity index (χ3n) is 2.64. The maximum atomic E-state index is 12.9. The Morgan fingerprint density at radius 2 is 2.31 bits per heavy atom. The lowest BCUT2D eigenvalue weighted by atomic mass is 10.3. The van der Waals surface area contributed by atoms with Crippen LogP contribution in [-0.2, 0) is 4.79 Å². The molecule has 0 spiro atoms. The predicted molar refractivity (Wildman–Crippen MR) is 47.0 cm³/mol. The van der Waals surface area contributed by atoms with Gasteiger partial charge in [-0.05, 0) is 25.2 Å². The first-order chi connectivity index (χ1) is 6.11. The first-order valence-corrected chi connectivity index (χ1v) is 4.64. The summed E-state index contributed by atoms with van der Waals surface area (Å²) >= 11 is 0. The van der Waals surface area contributed by atoms with E-state index in [-0.39, 0.29) is 11.8 Å². The van der Waals surface area contributed by atoms with Gasteiger partial charge in [-0.2, -0.15) is 5.10 Å². The Hall–Kier alpha value is -0.930. The smallest absolute Gasteiger partial charge is 0.243 e. The summed E-state index contributed by atoms with van der Waals surface area (Å²) in [7, 11) is 0. The van der Waals surface area contributed by atoms with Crippen molar-refractivity contribution in [1.82, 2.24) is 5.43 Å². The number of hydrogen-bond donors (Lipinski definition) is 1. The Kier molecular flexibility index (Phi) is 1.86. The fourth-order valence-corrected chi connectivity index (χ4v) is 1.23. The fraction of sp³-hybridized carbons (Fsp3) is 0.778. The number of hydrazone groups is 1. The van der Waals surface area contributed by atoms with Crippen molar-refractivity contribution in [1.29, 1.82) is 0 Å². The number of alkyl halides is 1. The maximum absolute atomic E-state index is 12.9. The summed E-state index contributed by atoms with van der Waals surface area (Å²) in [5.41, 5.74) is 1.14. The summed E-state index contributed by atoms with van der Waals surface area (Å²) in [6, 6.07) is 0. The highest BCUT2D eigenvalue weighted by atomic mass is 19.1. The molecule has 0 aromatic rings. The molecule has 0 radical (unpaired) electrons. The number of amides is 1. The average Bonchev–Trinajstić information content (AvgIpc) is 2.92. The quantitative estimate of drug-likeness (QED) is 0.520. The van der Waals surface area contributed by atoms with Gasteiger partial charge in [-0.3, -0.25) is 4.79 Å². The summed E-state index contributed by atoms with van der Waals surface area (Å²) < 4.78 is 12.9. The Labute approximate surface area is 76.4 Å². The number of hydrogen-bond acceptors (Lipinski definition) is 2. The van der Waals surface area contributed by atoms with E-state index in [1.165, 1.54) is 6.21 Å². The zero-order chi connectivity index (χ0) is 9.47. The molecule has 4 heteroatoms. The highest BCUT2D eigenvalue weighted by Crippen LogP contribution is 2.38. The van der Waals surface area contributed by atoms with Gasteiger partial charge in [0.25, 0.3) is 0 Å². The lowest BCUT2D eigenvalue weighted by molar-refractivity contribution is -0.122. The van der Waals surface area contributed by atoms with E-state index in [4.69, 9.17) is 0 Å². The standard InChI is InChI=1S/C9H13FN2O/c1-6-4-7(6)8(13)12-11-5-9(10)2-3-9/h5-7H,2-4H2,1H3,(H,12,13)/b11-5+. The van der Waals surface area contributed by atoms with Crippen LogP contribution in [0.1, 0.15) is 26.2 Å². The zero-order valence-electron chi connectivity index (χ0n) is 7.59. The van der Waals surface area contributed by atoms with Gasteiger partial charge in [-0.15, -0.1) is 0 Å². The van der Waals surface area contributed by atoms with E-state index in [2.05, 4.69) is 10.5 Å². The normalized spacial score (nSPS) is 34.6. The molecule has 1 amide bonds. The van der Waals surface area contributed by atoms with Gasteiger partial charge in [0.05, 0.1) is 6.21 Å². The number of carbonyl (C=O) groups is 1. The van der Waals surface area contributed by atoms with Crippen molar-refractivity contribution in [2.75, 3.05) is 0 Å². The summed E-state index contributed by atoms with van der Waals surface area (Å²) in [5, 5.41) is 3.60. The predicted octanol–water partition coefficient (Wildman–Crippen LogP) is 1.25. The number of nitrogens with zero attached hydrogens (tertiary/aromatic N) is 1. The third-order valence-corrected chi connectivity index (χ3v) is 2.64. The van der Waals surface area contributed by atoms with Gasteiger partial charge in [0.2, 0.25) is 5.91 Å². The van der Waals surface area contributed by atoms with Crippen LogP contribution in [-0.4, -0.2) is 17.8 Å². The molecule has 1 N–H and O–H groups in total. The topological polar surface area (TPSA) is 41.5 Å².